The van der Waals surface area contributed by atoms with Gasteiger partial charge in [-0.1, -0.05) is 6.08 Å². The van der Waals surface area contributed by atoms with Gasteiger partial charge in [-0.05, 0) is 18.6 Å². The fourth-order valence-corrected chi connectivity index (χ4v) is 1.12. The second-order valence-electron chi connectivity index (χ2n) is 3.07. The average Bonchev–Trinajstić information content (AvgIpc) is 2.29. The molecular formula is C11H15N3O. The van der Waals surface area contributed by atoms with E-state index in [1.807, 2.05) is 0 Å². The van der Waals surface area contributed by atoms with Crippen molar-refractivity contribution in [1.29, 1.82) is 0 Å². The second-order valence-corrected chi connectivity index (χ2v) is 3.07. The molecule has 80 valence electrons. The van der Waals surface area contributed by atoms with E-state index in [0.29, 0.717) is 24.3 Å². The molecule has 1 rings (SSSR count). The number of hydrogen-bond donors (Lipinski definition) is 2. The molecule has 1 aromatic heterocycles. The number of hydrogen-bond acceptors (Lipinski definition) is 3. The van der Waals surface area contributed by atoms with E-state index in [4.69, 9.17) is 5.73 Å². The minimum Gasteiger partial charge on any atom is -0.352 e. The van der Waals surface area contributed by atoms with E-state index in [9.17, 15) is 4.79 Å². The van der Waals surface area contributed by atoms with Crippen molar-refractivity contribution >= 4 is 5.91 Å². The van der Waals surface area contributed by atoms with Crippen LogP contribution in [-0.4, -0.2) is 17.4 Å². The summed E-state index contributed by atoms with van der Waals surface area (Å²) >= 11 is 0. The van der Waals surface area contributed by atoms with E-state index in [1.54, 1.807) is 24.4 Å². The van der Waals surface area contributed by atoms with E-state index in [2.05, 4.69) is 16.9 Å². The van der Waals surface area contributed by atoms with Crippen molar-refractivity contribution in [2.45, 2.75) is 13.0 Å². The molecule has 3 N–H and O–H groups in total. The molecule has 0 aliphatic heterocycles. The van der Waals surface area contributed by atoms with E-state index >= 15 is 0 Å². The molecule has 0 radical (unpaired) electrons. The number of carbonyl (C=O) groups is 1. The molecule has 0 unspecified atom stereocenters. The van der Waals surface area contributed by atoms with Crippen LogP contribution in [-0.2, 0) is 6.54 Å². The van der Waals surface area contributed by atoms with Gasteiger partial charge in [0.2, 0.25) is 0 Å². The Morgan fingerprint density at radius 3 is 3.13 bits per heavy atom. The van der Waals surface area contributed by atoms with Gasteiger partial charge in [0.05, 0.1) is 5.69 Å². The molecule has 0 aromatic carbocycles. The van der Waals surface area contributed by atoms with Gasteiger partial charge in [0.1, 0.15) is 0 Å². The Balaban J connectivity index is 2.60. The van der Waals surface area contributed by atoms with Crippen molar-refractivity contribution in [2.75, 3.05) is 6.54 Å². The number of amides is 1. The summed E-state index contributed by atoms with van der Waals surface area (Å²) in [5.74, 6) is -0.103. The van der Waals surface area contributed by atoms with Crippen LogP contribution in [0.1, 0.15) is 22.5 Å². The normalized spacial score (nSPS) is 9.67. The van der Waals surface area contributed by atoms with Crippen molar-refractivity contribution in [3.05, 3.63) is 42.2 Å². The highest BCUT2D eigenvalue weighted by atomic mass is 16.1. The minimum absolute atomic E-state index is 0.103. The predicted molar refractivity (Wildman–Crippen MR) is 59.3 cm³/mol. The summed E-state index contributed by atoms with van der Waals surface area (Å²) in [5, 5.41) is 2.77. The van der Waals surface area contributed by atoms with Crippen LogP contribution < -0.4 is 11.1 Å². The first kappa shape index (κ1) is 11.4. The number of nitrogens with one attached hydrogen (secondary N) is 1. The van der Waals surface area contributed by atoms with Crippen LogP contribution in [0.4, 0.5) is 0 Å². The Labute approximate surface area is 89.2 Å². The number of rotatable bonds is 5. The van der Waals surface area contributed by atoms with Crippen LogP contribution in [0.15, 0.2) is 31.0 Å². The Bertz CT molecular complexity index is 349. The fourth-order valence-electron chi connectivity index (χ4n) is 1.12. The molecule has 1 heterocycles. The lowest BCUT2D eigenvalue weighted by Gasteiger charge is -2.04. The molecule has 0 saturated heterocycles. The van der Waals surface area contributed by atoms with Crippen molar-refractivity contribution in [2.24, 2.45) is 5.73 Å². The van der Waals surface area contributed by atoms with Crippen LogP contribution in [0, 0.1) is 0 Å². The Hall–Kier alpha value is -1.68. The maximum Gasteiger partial charge on any atom is 0.251 e. The van der Waals surface area contributed by atoms with Crippen LogP contribution in [0.2, 0.25) is 0 Å². The average molecular weight is 205 g/mol. The monoisotopic (exact) mass is 205 g/mol. The zero-order valence-electron chi connectivity index (χ0n) is 8.57. The molecule has 1 aromatic rings. The van der Waals surface area contributed by atoms with Gasteiger partial charge in [-0.25, -0.2) is 0 Å². The van der Waals surface area contributed by atoms with Gasteiger partial charge >= 0.3 is 0 Å². The number of carbonyl (C=O) groups excluding carboxylic acids is 1. The summed E-state index contributed by atoms with van der Waals surface area (Å²) in [7, 11) is 0. The predicted octanol–water partition coefficient (Wildman–Crippen LogP) is 0.846. The zero-order chi connectivity index (χ0) is 11.1. The first-order valence-corrected chi connectivity index (χ1v) is 4.82. The molecule has 15 heavy (non-hydrogen) atoms. The number of nitrogens with two attached hydrogens (primary N) is 1. The third kappa shape index (κ3) is 3.52. The lowest BCUT2D eigenvalue weighted by molar-refractivity contribution is 0.0954. The van der Waals surface area contributed by atoms with Gasteiger partial charge in [0.15, 0.2) is 0 Å². The first-order valence-electron chi connectivity index (χ1n) is 4.82. The maximum absolute atomic E-state index is 11.6. The van der Waals surface area contributed by atoms with E-state index in [1.165, 1.54) is 0 Å². The molecule has 4 heteroatoms. The molecule has 0 saturated carbocycles. The quantitative estimate of drug-likeness (QED) is 0.553. The van der Waals surface area contributed by atoms with Crippen molar-refractivity contribution in [3.63, 3.8) is 0 Å². The highest BCUT2D eigenvalue weighted by Gasteiger charge is 2.04. The summed E-state index contributed by atoms with van der Waals surface area (Å²) in [6.07, 6.45) is 4.11. The maximum atomic E-state index is 11.6. The molecule has 0 atom stereocenters. The van der Waals surface area contributed by atoms with Crippen LogP contribution in [0.3, 0.4) is 0 Å². The summed E-state index contributed by atoms with van der Waals surface area (Å²) in [4.78, 5) is 15.6. The number of aromatic nitrogens is 1. The Morgan fingerprint density at radius 2 is 2.47 bits per heavy atom. The zero-order valence-corrected chi connectivity index (χ0v) is 8.57. The van der Waals surface area contributed by atoms with E-state index in [0.717, 1.165) is 6.42 Å². The van der Waals surface area contributed by atoms with Crippen molar-refractivity contribution < 1.29 is 4.79 Å². The Morgan fingerprint density at radius 1 is 1.67 bits per heavy atom. The third-order valence-electron chi connectivity index (χ3n) is 1.92. The molecule has 0 aliphatic rings. The SMILES string of the molecule is C=CCCNC(=O)c1ccnc(CN)c1. The number of pyridine rings is 1. The molecular weight excluding hydrogens is 190 g/mol. The van der Waals surface area contributed by atoms with Gasteiger partial charge in [0, 0.05) is 24.8 Å². The highest BCUT2D eigenvalue weighted by molar-refractivity contribution is 5.94. The largest absolute Gasteiger partial charge is 0.352 e. The number of nitrogens with zero attached hydrogens (tertiary/aromatic N) is 1. The smallest absolute Gasteiger partial charge is 0.251 e. The lowest BCUT2D eigenvalue weighted by Crippen LogP contribution is -2.24. The van der Waals surface area contributed by atoms with Gasteiger partial charge in [0.25, 0.3) is 5.91 Å². The highest BCUT2D eigenvalue weighted by Crippen LogP contribution is 2.00. The van der Waals surface area contributed by atoms with Gasteiger partial charge < -0.3 is 11.1 Å². The third-order valence-corrected chi connectivity index (χ3v) is 1.92. The van der Waals surface area contributed by atoms with Crippen LogP contribution in [0.5, 0.6) is 0 Å². The van der Waals surface area contributed by atoms with Gasteiger partial charge in [-0.2, -0.15) is 0 Å². The standard InChI is InChI=1S/C11H15N3O/c1-2-3-5-14-11(15)9-4-6-13-10(7-9)8-12/h2,4,6-7H,1,3,5,8,12H2,(H,14,15). The molecule has 0 aliphatic carbocycles. The molecule has 0 fully saturated rings. The van der Waals surface area contributed by atoms with E-state index < -0.39 is 0 Å². The summed E-state index contributed by atoms with van der Waals surface area (Å²) in [6.45, 7) is 4.52. The topological polar surface area (TPSA) is 68.0 Å². The Kier molecular flexibility index (Phi) is 4.50. The summed E-state index contributed by atoms with van der Waals surface area (Å²) in [5.41, 5.74) is 6.74. The van der Waals surface area contributed by atoms with Crippen LogP contribution >= 0.6 is 0 Å². The van der Waals surface area contributed by atoms with Crippen molar-refractivity contribution in [3.8, 4) is 0 Å². The molecule has 0 spiro atoms. The second kappa shape index (κ2) is 5.93. The minimum atomic E-state index is -0.103. The fraction of sp³-hybridized carbons (Fsp3) is 0.273. The lowest BCUT2D eigenvalue weighted by atomic mass is 10.2. The molecule has 0 bridgehead atoms. The molecule has 1 amide bonds. The summed E-state index contributed by atoms with van der Waals surface area (Å²) in [6, 6.07) is 3.37. The van der Waals surface area contributed by atoms with Crippen LogP contribution in [0.25, 0.3) is 0 Å². The summed E-state index contributed by atoms with van der Waals surface area (Å²) < 4.78 is 0. The van der Waals surface area contributed by atoms with Gasteiger partial charge in [-0.3, -0.25) is 9.78 Å². The first-order chi connectivity index (χ1) is 7.27. The van der Waals surface area contributed by atoms with Crippen molar-refractivity contribution in [1.82, 2.24) is 10.3 Å². The van der Waals surface area contributed by atoms with Gasteiger partial charge in [-0.15, -0.1) is 6.58 Å². The van der Waals surface area contributed by atoms with E-state index in [-0.39, 0.29) is 5.91 Å². The molecule has 4 nitrogen and oxygen atoms in total.